The van der Waals surface area contributed by atoms with E-state index in [0.29, 0.717) is 0 Å². The van der Waals surface area contributed by atoms with Crippen molar-refractivity contribution in [1.82, 2.24) is 14.8 Å². The molecule has 0 radical (unpaired) electrons. The van der Waals surface area contributed by atoms with Crippen molar-refractivity contribution in [3.05, 3.63) is 29.0 Å². The van der Waals surface area contributed by atoms with Crippen LogP contribution < -0.4 is 4.74 Å². The van der Waals surface area contributed by atoms with Gasteiger partial charge in [-0.15, -0.1) is 0 Å². The first kappa shape index (κ1) is 23.9. The van der Waals surface area contributed by atoms with E-state index in [1.54, 1.807) is 24.6 Å². The lowest BCUT2D eigenvalue weighted by Gasteiger charge is -1.91. The summed E-state index contributed by atoms with van der Waals surface area (Å²) in [6.45, 7) is 16.1. The quantitative estimate of drug-likeness (QED) is 0.666. The van der Waals surface area contributed by atoms with Gasteiger partial charge in [0, 0.05) is 17.3 Å². The molecule has 1 fully saturated rings. The molecular formula is C18H35N3OS. The number of hydrogen-bond acceptors (Lipinski definition) is 4. The van der Waals surface area contributed by atoms with Gasteiger partial charge in [0.15, 0.2) is 0 Å². The number of hydrogen-bond donors (Lipinski definition) is 0. The first-order valence-electron chi connectivity index (χ1n) is 8.66. The van der Waals surface area contributed by atoms with Crippen LogP contribution in [0.5, 0.6) is 5.19 Å². The fraction of sp³-hybridized carbons (Fsp3) is 0.667. The average Bonchev–Trinajstić information content (AvgIpc) is 3.25. The lowest BCUT2D eigenvalue weighted by atomic mass is 10.4. The Bertz CT molecular complexity index is 476. The molecule has 2 heterocycles. The van der Waals surface area contributed by atoms with Gasteiger partial charge in [-0.2, -0.15) is 5.10 Å². The van der Waals surface area contributed by atoms with E-state index in [0.717, 1.165) is 11.2 Å². The number of aromatic nitrogens is 3. The van der Waals surface area contributed by atoms with Crippen molar-refractivity contribution in [3.8, 4) is 5.19 Å². The molecule has 0 aromatic carbocycles. The van der Waals surface area contributed by atoms with Crippen LogP contribution in [0.25, 0.3) is 0 Å². The van der Waals surface area contributed by atoms with E-state index < -0.39 is 0 Å². The molecule has 0 saturated heterocycles. The van der Waals surface area contributed by atoms with Gasteiger partial charge in [0.25, 0.3) is 5.19 Å². The predicted molar refractivity (Wildman–Crippen MR) is 103 cm³/mol. The van der Waals surface area contributed by atoms with Crippen LogP contribution in [-0.4, -0.2) is 21.9 Å². The first-order valence-corrected chi connectivity index (χ1v) is 9.48. The molecule has 0 unspecified atom stereocenters. The monoisotopic (exact) mass is 341 g/mol. The summed E-state index contributed by atoms with van der Waals surface area (Å²) in [5.41, 5.74) is 1.27. The van der Waals surface area contributed by atoms with E-state index >= 15 is 0 Å². The Balaban J connectivity index is 0. The minimum Gasteiger partial charge on any atom is -0.473 e. The number of ether oxygens (including phenoxy) is 1. The summed E-state index contributed by atoms with van der Waals surface area (Å²) in [4.78, 5) is 5.11. The number of methoxy groups -OCH3 is 1. The van der Waals surface area contributed by atoms with E-state index in [1.165, 1.54) is 23.3 Å². The molecule has 5 heteroatoms. The third-order valence-corrected chi connectivity index (χ3v) is 3.30. The Hall–Kier alpha value is -1.36. The van der Waals surface area contributed by atoms with Gasteiger partial charge < -0.3 is 4.74 Å². The second-order valence-corrected chi connectivity index (χ2v) is 5.37. The Morgan fingerprint density at radius 3 is 1.87 bits per heavy atom. The van der Waals surface area contributed by atoms with Crippen LogP contribution >= 0.6 is 11.3 Å². The molecular weight excluding hydrogens is 306 g/mol. The van der Waals surface area contributed by atoms with Gasteiger partial charge in [-0.25, -0.2) is 4.98 Å². The average molecular weight is 342 g/mol. The van der Waals surface area contributed by atoms with Gasteiger partial charge in [-0.1, -0.05) is 52.9 Å². The smallest absolute Gasteiger partial charge is 0.273 e. The minimum atomic E-state index is 0.735. The molecule has 0 spiro atoms. The highest BCUT2D eigenvalue weighted by atomic mass is 32.1. The highest BCUT2D eigenvalue weighted by Crippen LogP contribution is 2.33. The van der Waals surface area contributed by atoms with E-state index in [1.807, 2.05) is 54.7 Å². The Kier molecular flexibility index (Phi) is 16.1. The van der Waals surface area contributed by atoms with Crippen LogP contribution in [0.15, 0.2) is 18.6 Å². The summed E-state index contributed by atoms with van der Waals surface area (Å²) >= 11 is 1.55. The minimum absolute atomic E-state index is 0.735. The maximum absolute atomic E-state index is 4.84. The molecule has 1 aliphatic rings. The topological polar surface area (TPSA) is 39.9 Å². The second-order valence-electron chi connectivity index (χ2n) is 4.17. The van der Waals surface area contributed by atoms with Crippen LogP contribution in [0.2, 0.25) is 0 Å². The number of aryl methyl sites for hydroxylation is 2. The summed E-state index contributed by atoms with van der Waals surface area (Å²) in [5, 5.41) is 4.93. The molecule has 0 amide bonds. The van der Waals surface area contributed by atoms with E-state index in [4.69, 9.17) is 4.74 Å². The van der Waals surface area contributed by atoms with Crippen molar-refractivity contribution in [2.24, 2.45) is 0 Å². The molecule has 134 valence electrons. The molecule has 0 aliphatic heterocycles. The van der Waals surface area contributed by atoms with Crippen LogP contribution in [0.4, 0.5) is 0 Å². The van der Waals surface area contributed by atoms with Gasteiger partial charge in [-0.05, 0) is 32.3 Å². The molecule has 3 rings (SSSR count). The van der Waals surface area contributed by atoms with Crippen LogP contribution in [0.1, 0.15) is 70.9 Å². The Morgan fingerprint density at radius 1 is 1.04 bits per heavy atom. The molecule has 1 aliphatic carbocycles. The third kappa shape index (κ3) is 10.9. The van der Waals surface area contributed by atoms with Crippen molar-refractivity contribution in [2.45, 2.75) is 74.3 Å². The summed E-state index contributed by atoms with van der Waals surface area (Å²) in [7, 11) is 1.62. The van der Waals surface area contributed by atoms with E-state index in [-0.39, 0.29) is 0 Å². The van der Waals surface area contributed by atoms with Gasteiger partial charge >= 0.3 is 0 Å². The fourth-order valence-corrected chi connectivity index (χ4v) is 1.97. The maximum Gasteiger partial charge on any atom is 0.273 e. The first-order chi connectivity index (χ1) is 11.2. The summed E-state index contributed by atoms with van der Waals surface area (Å²) < 4.78 is 6.91. The molecule has 0 N–H and O–H groups in total. The molecule has 1 saturated carbocycles. The summed E-state index contributed by atoms with van der Waals surface area (Å²) in [6.07, 6.45) is 8.46. The number of thiazole rings is 1. The molecule has 0 bridgehead atoms. The van der Waals surface area contributed by atoms with Crippen molar-refractivity contribution < 1.29 is 4.74 Å². The maximum atomic E-state index is 4.84. The van der Waals surface area contributed by atoms with Crippen LogP contribution in [-0.2, 0) is 0 Å². The van der Waals surface area contributed by atoms with Gasteiger partial charge in [-0.3, -0.25) is 4.68 Å². The zero-order chi connectivity index (χ0) is 18.3. The molecule has 2 aromatic rings. The SMILES string of the molecule is CC.CC.CC.COc1ncc(C)s1.Cc1cnn(C2CC2)c1. The zero-order valence-electron chi connectivity index (χ0n) is 16.4. The lowest BCUT2D eigenvalue weighted by molar-refractivity contribution is 0.412. The summed E-state index contributed by atoms with van der Waals surface area (Å²) in [6, 6.07) is 0.735. The van der Waals surface area contributed by atoms with E-state index in [2.05, 4.69) is 27.9 Å². The predicted octanol–water partition coefficient (Wildman–Crippen LogP) is 6.07. The number of nitrogens with zero attached hydrogens (tertiary/aromatic N) is 3. The van der Waals surface area contributed by atoms with Gasteiger partial charge in [0.05, 0.1) is 19.3 Å². The molecule has 2 aromatic heterocycles. The van der Waals surface area contributed by atoms with Gasteiger partial charge in [0.2, 0.25) is 0 Å². The number of rotatable bonds is 2. The van der Waals surface area contributed by atoms with E-state index in [9.17, 15) is 0 Å². The highest BCUT2D eigenvalue weighted by Gasteiger charge is 2.23. The standard InChI is InChI=1S/C7H10N2.C5H7NOS.3C2H6/c1-6-4-8-9(5-6)7-2-3-7;1-4-3-6-5(7-2)8-4;3*1-2/h4-5,7H,2-3H2,1H3;3H,1-2H3;3*1-2H3. The van der Waals surface area contributed by atoms with Crippen molar-refractivity contribution in [1.29, 1.82) is 0 Å². The summed E-state index contributed by atoms with van der Waals surface area (Å²) in [5.74, 6) is 0. The van der Waals surface area contributed by atoms with Crippen molar-refractivity contribution in [2.75, 3.05) is 7.11 Å². The molecule has 4 nitrogen and oxygen atoms in total. The third-order valence-electron chi connectivity index (χ3n) is 2.43. The highest BCUT2D eigenvalue weighted by molar-refractivity contribution is 7.13. The lowest BCUT2D eigenvalue weighted by Crippen LogP contribution is -1.91. The molecule has 23 heavy (non-hydrogen) atoms. The second kappa shape index (κ2) is 15.5. The Morgan fingerprint density at radius 2 is 1.61 bits per heavy atom. The van der Waals surface area contributed by atoms with Crippen LogP contribution in [0, 0.1) is 13.8 Å². The zero-order valence-corrected chi connectivity index (χ0v) is 17.2. The normalized spacial score (nSPS) is 11.2. The van der Waals surface area contributed by atoms with Crippen molar-refractivity contribution >= 4 is 11.3 Å². The largest absolute Gasteiger partial charge is 0.473 e. The Labute approximate surface area is 146 Å². The van der Waals surface area contributed by atoms with Crippen LogP contribution in [0.3, 0.4) is 0 Å². The fourth-order valence-electron chi connectivity index (χ4n) is 1.40. The van der Waals surface area contributed by atoms with Crippen molar-refractivity contribution in [3.63, 3.8) is 0 Å². The van der Waals surface area contributed by atoms with Gasteiger partial charge in [0.1, 0.15) is 0 Å². The molecule has 0 atom stereocenters.